The van der Waals surface area contributed by atoms with E-state index in [1.807, 2.05) is 43.3 Å². The summed E-state index contributed by atoms with van der Waals surface area (Å²) in [5, 5.41) is 7.25. The monoisotopic (exact) mass is 381 g/mol. The van der Waals surface area contributed by atoms with Gasteiger partial charge in [0.1, 0.15) is 0 Å². The van der Waals surface area contributed by atoms with Gasteiger partial charge in [0, 0.05) is 23.8 Å². The maximum absolute atomic E-state index is 12.7. The summed E-state index contributed by atoms with van der Waals surface area (Å²) in [6.45, 7) is 8.22. The van der Waals surface area contributed by atoms with Gasteiger partial charge < -0.3 is 10.6 Å². The average Bonchev–Trinajstić information content (AvgIpc) is 2.67. The number of hydrogen-bond donors (Lipinski definition) is 2. The first kappa shape index (κ1) is 20.5. The molecule has 27 heavy (non-hydrogen) atoms. The van der Waals surface area contributed by atoms with E-state index in [9.17, 15) is 4.79 Å². The van der Waals surface area contributed by atoms with Gasteiger partial charge in [-0.05, 0) is 30.5 Å². The maximum Gasteiger partial charge on any atom is 0.255 e. The number of anilines is 2. The van der Waals surface area contributed by atoms with Gasteiger partial charge in [-0.3, -0.25) is 9.78 Å². The van der Waals surface area contributed by atoms with E-state index in [4.69, 9.17) is 0 Å². The first-order valence-corrected chi connectivity index (χ1v) is 8.78. The molecule has 0 saturated carbocycles. The number of hydrogen-bond acceptors (Lipinski definition) is 3. The highest BCUT2D eigenvalue weighted by atomic mass is 35.5. The van der Waals surface area contributed by atoms with E-state index in [0.29, 0.717) is 12.1 Å². The van der Waals surface area contributed by atoms with Crippen molar-refractivity contribution in [2.24, 2.45) is 0 Å². The van der Waals surface area contributed by atoms with Crippen LogP contribution < -0.4 is 10.6 Å². The number of benzene rings is 2. The second-order valence-electron chi connectivity index (χ2n) is 6.15. The SMILES string of the molecule is C=CCNC(=O)c1cnc2c(CC)cccc2c1Nc1ccccc1C.Cl. The molecular weight excluding hydrogens is 358 g/mol. The Kier molecular flexibility index (Phi) is 6.97. The summed E-state index contributed by atoms with van der Waals surface area (Å²) in [6.07, 6.45) is 4.20. The topological polar surface area (TPSA) is 54.0 Å². The number of nitrogens with zero attached hydrogens (tertiary/aromatic N) is 1. The minimum absolute atomic E-state index is 0. The molecule has 0 atom stereocenters. The van der Waals surface area contributed by atoms with Crippen LogP contribution in [0.4, 0.5) is 11.4 Å². The number of rotatable bonds is 6. The fourth-order valence-electron chi connectivity index (χ4n) is 2.98. The number of aryl methyl sites for hydroxylation is 2. The third-order valence-electron chi connectivity index (χ3n) is 4.42. The molecule has 0 aliphatic carbocycles. The summed E-state index contributed by atoms with van der Waals surface area (Å²) in [5.41, 5.74) is 5.47. The fourth-order valence-corrected chi connectivity index (χ4v) is 2.98. The summed E-state index contributed by atoms with van der Waals surface area (Å²) in [7, 11) is 0. The number of fused-ring (bicyclic) bond motifs is 1. The predicted molar refractivity (Wildman–Crippen MR) is 115 cm³/mol. The van der Waals surface area contributed by atoms with Gasteiger partial charge in [-0.25, -0.2) is 0 Å². The summed E-state index contributed by atoms with van der Waals surface area (Å²) < 4.78 is 0. The molecular formula is C22H24ClN3O. The van der Waals surface area contributed by atoms with Crippen molar-refractivity contribution in [2.45, 2.75) is 20.3 Å². The Balaban J connectivity index is 0.00000261. The molecule has 0 aliphatic rings. The van der Waals surface area contributed by atoms with Crippen LogP contribution >= 0.6 is 12.4 Å². The van der Waals surface area contributed by atoms with Crippen molar-refractivity contribution in [2.75, 3.05) is 11.9 Å². The van der Waals surface area contributed by atoms with E-state index >= 15 is 0 Å². The molecule has 0 unspecified atom stereocenters. The zero-order valence-electron chi connectivity index (χ0n) is 15.6. The summed E-state index contributed by atoms with van der Waals surface area (Å²) in [5.74, 6) is -0.169. The van der Waals surface area contributed by atoms with Crippen LogP contribution in [0.3, 0.4) is 0 Å². The highest BCUT2D eigenvalue weighted by Crippen LogP contribution is 2.32. The zero-order chi connectivity index (χ0) is 18.5. The first-order valence-electron chi connectivity index (χ1n) is 8.78. The number of carbonyl (C=O) groups excluding carboxylic acids is 1. The summed E-state index contributed by atoms with van der Waals surface area (Å²) in [4.78, 5) is 17.2. The molecule has 0 aliphatic heterocycles. The van der Waals surface area contributed by atoms with Crippen LogP contribution in [0.2, 0.25) is 0 Å². The molecule has 1 aromatic heterocycles. The second kappa shape index (κ2) is 9.19. The summed E-state index contributed by atoms with van der Waals surface area (Å²) in [6, 6.07) is 14.1. The average molecular weight is 382 g/mol. The van der Waals surface area contributed by atoms with Crippen molar-refractivity contribution in [1.82, 2.24) is 10.3 Å². The van der Waals surface area contributed by atoms with Crippen molar-refractivity contribution in [3.63, 3.8) is 0 Å². The lowest BCUT2D eigenvalue weighted by atomic mass is 10.0. The lowest BCUT2D eigenvalue weighted by Crippen LogP contribution is -2.24. The van der Waals surface area contributed by atoms with Gasteiger partial charge in [0.25, 0.3) is 5.91 Å². The van der Waals surface area contributed by atoms with E-state index in [2.05, 4.69) is 35.2 Å². The van der Waals surface area contributed by atoms with Crippen LogP contribution in [-0.2, 0) is 6.42 Å². The predicted octanol–water partition coefficient (Wildman–Crippen LogP) is 5.19. The van der Waals surface area contributed by atoms with Gasteiger partial charge >= 0.3 is 0 Å². The van der Waals surface area contributed by atoms with Gasteiger partial charge in [0.15, 0.2) is 0 Å². The standard InChI is InChI=1S/C22H23N3O.ClH/c1-4-13-23-22(26)18-14-24-20-16(5-2)10-8-11-17(20)21(18)25-19-12-7-6-9-15(19)3;/h4,6-12,14H,1,5,13H2,2-3H3,(H,23,26)(H,24,25);1H. The Morgan fingerprint density at radius 1 is 1.19 bits per heavy atom. The normalized spacial score (nSPS) is 10.1. The molecule has 2 aromatic carbocycles. The van der Waals surface area contributed by atoms with Crippen molar-refractivity contribution < 1.29 is 4.79 Å². The van der Waals surface area contributed by atoms with E-state index < -0.39 is 0 Å². The molecule has 3 rings (SSSR count). The van der Waals surface area contributed by atoms with Crippen LogP contribution in [0.1, 0.15) is 28.4 Å². The Hall–Kier alpha value is -2.85. The molecule has 4 nitrogen and oxygen atoms in total. The van der Waals surface area contributed by atoms with Crippen LogP contribution in [0, 0.1) is 6.92 Å². The smallest absolute Gasteiger partial charge is 0.255 e. The lowest BCUT2D eigenvalue weighted by molar-refractivity contribution is 0.0958. The van der Waals surface area contributed by atoms with Crippen molar-refractivity contribution in [3.05, 3.63) is 78.0 Å². The fraction of sp³-hybridized carbons (Fsp3) is 0.182. The van der Waals surface area contributed by atoms with E-state index in [1.165, 1.54) is 0 Å². The quantitative estimate of drug-likeness (QED) is 0.578. The Labute approximate surface area is 166 Å². The minimum Gasteiger partial charge on any atom is -0.354 e. The van der Waals surface area contributed by atoms with E-state index in [-0.39, 0.29) is 18.3 Å². The summed E-state index contributed by atoms with van der Waals surface area (Å²) >= 11 is 0. The van der Waals surface area contributed by atoms with Crippen LogP contribution in [-0.4, -0.2) is 17.4 Å². The second-order valence-corrected chi connectivity index (χ2v) is 6.15. The molecule has 0 saturated heterocycles. The van der Waals surface area contributed by atoms with Crippen molar-refractivity contribution >= 4 is 40.6 Å². The highest BCUT2D eigenvalue weighted by Gasteiger charge is 2.17. The third-order valence-corrected chi connectivity index (χ3v) is 4.42. The van der Waals surface area contributed by atoms with Gasteiger partial charge in [0.2, 0.25) is 0 Å². The minimum atomic E-state index is -0.169. The molecule has 140 valence electrons. The Bertz CT molecular complexity index is 969. The van der Waals surface area contributed by atoms with Gasteiger partial charge in [0.05, 0.1) is 16.8 Å². The zero-order valence-corrected chi connectivity index (χ0v) is 16.4. The van der Waals surface area contributed by atoms with Crippen LogP contribution in [0.15, 0.2) is 61.3 Å². The number of halogens is 1. The molecule has 0 spiro atoms. The van der Waals surface area contributed by atoms with Crippen molar-refractivity contribution in [3.8, 4) is 0 Å². The Morgan fingerprint density at radius 3 is 2.67 bits per heavy atom. The first-order chi connectivity index (χ1) is 12.7. The van der Waals surface area contributed by atoms with E-state index in [0.717, 1.165) is 39.8 Å². The molecule has 1 heterocycles. The molecule has 1 amide bonds. The molecule has 0 bridgehead atoms. The number of nitrogens with one attached hydrogen (secondary N) is 2. The number of pyridine rings is 1. The maximum atomic E-state index is 12.7. The molecule has 2 N–H and O–H groups in total. The highest BCUT2D eigenvalue weighted by molar-refractivity contribution is 6.08. The van der Waals surface area contributed by atoms with Crippen LogP contribution in [0.25, 0.3) is 10.9 Å². The van der Waals surface area contributed by atoms with Crippen molar-refractivity contribution in [1.29, 1.82) is 0 Å². The molecule has 5 heteroatoms. The van der Waals surface area contributed by atoms with Gasteiger partial charge in [-0.1, -0.05) is 49.4 Å². The lowest BCUT2D eigenvalue weighted by Gasteiger charge is -2.17. The third kappa shape index (κ3) is 4.29. The van der Waals surface area contributed by atoms with Gasteiger partial charge in [-0.15, -0.1) is 19.0 Å². The number of carbonyl (C=O) groups is 1. The Morgan fingerprint density at radius 2 is 1.96 bits per heavy atom. The van der Waals surface area contributed by atoms with Crippen LogP contribution in [0.5, 0.6) is 0 Å². The largest absolute Gasteiger partial charge is 0.354 e. The molecule has 3 aromatic rings. The number of aromatic nitrogens is 1. The number of amides is 1. The van der Waals surface area contributed by atoms with Gasteiger partial charge in [-0.2, -0.15) is 0 Å². The number of para-hydroxylation sites is 2. The molecule has 0 fully saturated rings. The van der Waals surface area contributed by atoms with E-state index in [1.54, 1.807) is 12.3 Å². The molecule has 0 radical (unpaired) electrons.